The van der Waals surface area contributed by atoms with Crippen LogP contribution in [0.2, 0.25) is 10.0 Å². The molecule has 0 aliphatic carbocycles. The van der Waals surface area contributed by atoms with Crippen LogP contribution in [-0.2, 0) is 0 Å². The first-order valence-electron chi connectivity index (χ1n) is 11.6. The van der Waals surface area contributed by atoms with Gasteiger partial charge in [-0.05, 0) is 38.1 Å². The summed E-state index contributed by atoms with van der Waals surface area (Å²) in [6.07, 6.45) is 7.58. The van der Waals surface area contributed by atoms with Crippen LogP contribution in [0.5, 0.6) is 11.5 Å². The Labute approximate surface area is 222 Å². The minimum atomic E-state index is -0.450. The number of nitrogens with zero attached hydrogens (tertiary/aromatic N) is 5. The molecular weight excluding hydrogens is 517 g/mol. The van der Waals surface area contributed by atoms with Crippen LogP contribution < -0.4 is 26.1 Å². The Morgan fingerprint density at radius 2 is 1.73 bits per heavy atom. The highest BCUT2D eigenvalue weighted by Gasteiger charge is 2.22. The summed E-state index contributed by atoms with van der Waals surface area (Å²) in [7, 11) is 2.91. The van der Waals surface area contributed by atoms with Crippen LogP contribution in [-0.4, -0.2) is 51.9 Å². The molecule has 0 spiro atoms. The Morgan fingerprint density at radius 3 is 2.41 bits per heavy atom. The van der Waals surface area contributed by atoms with E-state index in [1.807, 2.05) is 23.1 Å². The Hall–Kier alpha value is -3.60. The van der Waals surface area contributed by atoms with Crippen LogP contribution in [0.1, 0.15) is 18.9 Å². The molecule has 1 fully saturated rings. The van der Waals surface area contributed by atoms with E-state index >= 15 is 0 Å². The van der Waals surface area contributed by atoms with Gasteiger partial charge in [-0.15, -0.1) is 0 Å². The first-order valence-corrected chi connectivity index (χ1v) is 12.4. The van der Waals surface area contributed by atoms with E-state index in [1.165, 1.54) is 20.3 Å². The van der Waals surface area contributed by atoms with Crippen LogP contribution in [0.25, 0.3) is 28.1 Å². The second kappa shape index (κ2) is 10.4. The molecule has 3 N–H and O–H groups in total. The van der Waals surface area contributed by atoms with Crippen molar-refractivity contribution in [1.82, 2.24) is 29.9 Å². The Kier molecular flexibility index (Phi) is 7.05. The number of methoxy groups -OCH3 is 2. The minimum Gasteiger partial charge on any atom is -0.495 e. The van der Waals surface area contributed by atoms with E-state index in [2.05, 4.69) is 20.5 Å². The zero-order valence-electron chi connectivity index (χ0n) is 20.2. The number of halogens is 2. The SMILES string of the molecule is COc1cc(OC)c(Cl)c(-n2nc(-c3cc(-c4cnn(C5CCNCC5)c4)cnc3N)ccc2=O)c1Cl. The number of nitrogen functional groups attached to an aromatic ring is 1. The number of anilines is 1. The standard InChI is InChI=1S/C25H25Cl2N7O3/c1-36-19-10-20(37-2)23(27)24(22(19)26)34-21(35)4-3-18(32-34)17-9-14(11-30-25(17)28)15-12-31-33(13-15)16-5-7-29-8-6-16/h3-4,9-13,16,29H,5-8H2,1-2H3,(H2,28,30). The summed E-state index contributed by atoms with van der Waals surface area (Å²) in [5.74, 6) is 0.824. The molecule has 4 heterocycles. The number of nitrogens with two attached hydrogens (primary N) is 1. The van der Waals surface area contributed by atoms with E-state index in [-0.39, 0.29) is 33.0 Å². The smallest absolute Gasteiger partial charge is 0.271 e. The maximum absolute atomic E-state index is 12.9. The number of ether oxygens (including phenoxy) is 2. The molecule has 192 valence electrons. The molecule has 1 aliphatic rings. The molecule has 1 aliphatic heterocycles. The monoisotopic (exact) mass is 541 g/mol. The van der Waals surface area contributed by atoms with Crippen molar-refractivity contribution in [2.75, 3.05) is 33.0 Å². The van der Waals surface area contributed by atoms with Gasteiger partial charge in [-0.1, -0.05) is 23.2 Å². The molecule has 0 radical (unpaired) electrons. The van der Waals surface area contributed by atoms with Crippen molar-refractivity contribution in [2.45, 2.75) is 18.9 Å². The maximum Gasteiger partial charge on any atom is 0.271 e. The molecule has 5 rings (SSSR count). The molecule has 37 heavy (non-hydrogen) atoms. The third kappa shape index (κ3) is 4.75. The van der Waals surface area contributed by atoms with Gasteiger partial charge in [-0.25, -0.2) is 4.98 Å². The molecule has 0 amide bonds. The largest absolute Gasteiger partial charge is 0.495 e. The second-order valence-electron chi connectivity index (χ2n) is 8.57. The summed E-state index contributed by atoms with van der Waals surface area (Å²) < 4.78 is 13.8. The number of hydrogen-bond donors (Lipinski definition) is 2. The zero-order chi connectivity index (χ0) is 26.1. The lowest BCUT2D eigenvalue weighted by molar-refractivity contribution is 0.343. The quantitative estimate of drug-likeness (QED) is 0.375. The number of rotatable bonds is 6. The zero-order valence-corrected chi connectivity index (χ0v) is 21.8. The van der Waals surface area contributed by atoms with Crippen molar-refractivity contribution in [2.24, 2.45) is 0 Å². The van der Waals surface area contributed by atoms with Gasteiger partial charge in [0, 0.05) is 41.2 Å². The number of benzene rings is 1. The van der Waals surface area contributed by atoms with Gasteiger partial charge >= 0.3 is 0 Å². The fraction of sp³-hybridized carbons (Fsp3) is 0.280. The van der Waals surface area contributed by atoms with Gasteiger partial charge in [-0.3, -0.25) is 9.48 Å². The lowest BCUT2D eigenvalue weighted by Gasteiger charge is -2.22. The highest BCUT2D eigenvalue weighted by Crippen LogP contribution is 2.42. The van der Waals surface area contributed by atoms with Crippen LogP contribution in [0.3, 0.4) is 0 Å². The topological polar surface area (TPSA) is 122 Å². The molecular formula is C25H25Cl2N7O3. The van der Waals surface area contributed by atoms with Gasteiger partial charge in [0.15, 0.2) is 0 Å². The van der Waals surface area contributed by atoms with Crippen molar-refractivity contribution >= 4 is 29.0 Å². The van der Waals surface area contributed by atoms with E-state index in [0.29, 0.717) is 17.3 Å². The predicted molar refractivity (Wildman–Crippen MR) is 143 cm³/mol. The fourth-order valence-electron chi connectivity index (χ4n) is 4.37. The summed E-state index contributed by atoms with van der Waals surface area (Å²) in [5, 5.41) is 12.7. The van der Waals surface area contributed by atoms with Crippen LogP contribution >= 0.6 is 23.2 Å². The minimum absolute atomic E-state index is 0.116. The molecule has 4 aromatic rings. The van der Waals surface area contributed by atoms with Gasteiger partial charge < -0.3 is 20.5 Å². The molecule has 12 heteroatoms. The van der Waals surface area contributed by atoms with Crippen molar-refractivity contribution in [3.8, 4) is 39.6 Å². The summed E-state index contributed by atoms with van der Waals surface area (Å²) in [5.41, 5.74) is 8.61. The predicted octanol–water partition coefficient (Wildman–Crippen LogP) is 3.99. The van der Waals surface area contributed by atoms with Crippen LogP contribution in [0.15, 0.2) is 47.7 Å². The van der Waals surface area contributed by atoms with E-state index in [9.17, 15) is 4.79 Å². The Balaban J connectivity index is 1.58. The van der Waals surface area contributed by atoms with Crippen molar-refractivity contribution in [1.29, 1.82) is 0 Å². The van der Waals surface area contributed by atoms with Gasteiger partial charge in [0.1, 0.15) is 33.0 Å². The third-order valence-electron chi connectivity index (χ3n) is 6.37. The van der Waals surface area contributed by atoms with E-state index in [4.69, 9.17) is 38.4 Å². The van der Waals surface area contributed by atoms with Gasteiger partial charge in [0.05, 0.1) is 32.2 Å². The van der Waals surface area contributed by atoms with Gasteiger partial charge in [0.25, 0.3) is 5.56 Å². The third-order valence-corrected chi connectivity index (χ3v) is 7.11. The molecule has 0 bridgehead atoms. The maximum atomic E-state index is 12.9. The second-order valence-corrected chi connectivity index (χ2v) is 9.33. The van der Waals surface area contributed by atoms with E-state index in [0.717, 1.165) is 41.7 Å². The highest BCUT2D eigenvalue weighted by molar-refractivity contribution is 6.39. The van der Waals surface area contributed by atoms with Gasteiger partial charge in [0.2, 0.25) is 0 Å². The molecule has 0 atom stereocenters. The summed E-state index contributed by atoms with van der Waals surface area (Å²) >= 11 is 13.1. The van der Waals surface area contributed by atoms with Crippen LogP contribution in [0, 0.1) is 0 Å². The van der Waals surface area contributed by atoms with Crippen molar-refractivity contribution in [3.05, 3.63) is 63.3 Å². The van der Waals surface area contributed by atoms with Crippen LogP contribution in [0.4, 0.5) is 5.82 Å². The summed E-state index contributed by atoms with van der Waals surface area (Å²) in [6.45, 7) is 1.95. The normalized spacial score (nSPS) is 14.1. The number of hydrogen-bond acceptors (Lipinski definition) is 8. The molecule has 1 saturated heterocycles. The van der Waals surface area contributed by atoms with E-state index < -0.39 is 5.56 Å². The number of nitrogens with one attached hydrogen (secondary N) is 1. The lowest BCUT2D eigenvalue weighted by Crippen LogP contribution is -2.29. The number of aromatic nitrogens is 5. The summed E-state index contributed by atoms with van der Waals surface area (Å²) in [4.78, 5) is 17.3. The van der Waals surface area contributed by atoms with E-state index in [1.54, 1.807) is 18.3 Å². The Bertz CT molecular complexity index is 1480. The van der Waals surface area contributed by atoms with Crippen molar-refractivity contribution in [3.63, 3.8) is 0 Å². The molecule has 1 aromatic carbocycles. The summed E-state index contributed by atoms with van der Waals surface area (Å²) in [6, 6.07) is 6.71. The first-order chi connectivity index (χ1) is 17.9. The molecule has 10 nitrogen and oxygen atoms in total. The number of piperidine rings is 1. The number of pyridine rings is 1. The average Bonchev–Trinajstić information content (AvgIpc) is 3.41. The van der Waals surface area contributed by atoms with Crippen molar-refractivity contribution < 1.29 is 9.47 Å². The lowest BCUT2D eigenvalue weighted by atomic mass is 10.1. The van der Waals surface area contributed by atoms with Gasteiger partial charge in [-0.2, -0.15) is 14.9 Å². The molecule has 3 aromatic heterocycles. The molecule has 0 saturated carbocycles. The fourth-order valence-corrected chi connectivity index (χ4v) is 5.03. The highest BCUT2D eigenvalue weighted by atomic mass is 35.5. The molecule has 0 unspecified atom stereocenters. The Morgan fingerprint density at radius 1 is 1.03 bits per heavy atom. The average molecular weight is 542 g/mol. The first kappa shape index (κ1) is 25.1.